The lowest BCUT2D eigenvalue weighted by molar-refractivity contribution is -0.129. The second-order valence-electron chi connectivity index (χ2n) is 9.33. The van der Waals surface area contributed by atoms with Crippen LogP contribution >= 0.6 is 0 Å². The maximum Gasteiger partial charge on any atom is 0.255 e. The van der Waals surface area contributed by atoms with Crippen LogP contribution in [0.1, 0.15) is 66.2 Å². The number of benzene rings is 2. The van der Waals surface area contributed by atoms with Crippen LogP contribution in [0.5, 0.6) is 0 Å². The van der Waals surface area contributed by atoms with Crippen molar-refractivity contribution in [1.29, 1.82) is 0 Å². The van der Waals surface area contributed by atoms with Gasteiger partial charge < -0.3 is 20.9 Å². The Morgan fingerprint density at radius 1 is 0.971 bits per heavy atom. The zero-order valence-electron chi connectivity index (χ0n) is 19.0. The predicted octanol–water partition coefficient (Wildman–Crippen LogP) is 2.69. The molecule has 4 amide bonds. The molecule has 2 saturated carbocycles. The van der Waals surface area contributed by atoms with Gasteiger partial charge in [0, 0.05) is 23.2 Å². The van der Waals surface area contributed by atoms with Crippen LogP contribution in [-0.2, 0) is 14.4 Å². The highest BCUT2D eigenvalue weighted by molar-refractivity contribution is 6.05. The van der Waals surface area contributed by atoms with Gasteiger partial charge in [-0.05, 0) is 61.9 Å². The molecule has 0 saturated heterocycles. The average Bonchev–Trinajstić information content (AvgIpc) is 3.75. The van der Waals surface area contributed by atoms with Gasteiger partial charge in [-0.25, -0.2) is 0 Å². The number of carbonyl (C=O) groups is 4. The molecule has 0 spiro atoms. The Labute approximate surface area is 198 Å². The van der Waals surface area contributed by atoms with E-state index in [0.29, 0.717) is 11.1 Å². The lowest BCUT2D eigenvalue weighted by atomic mass is 10.0. The zero-order valence-corrected chi connectivity index (χ0v) is 19.0. The molecule has 0 bridgehead atoms. The monoisotopic (exact) mass is 460 g/mol. The Morgan fingerprint density at radius 2 is 1.68 bits per heavy atom. The normalized spacial score (nSPS) is 19.9. The van der Waals surface area contributed by atoms with Crippen LogP contribution in [0, 0.1) is 5.92 Å². The van der Waals surface area contributed by atoms with Crippen LogP contribution in [0.3, 0.4) is 0 Å². The molecule has 8 nitrogen and oxygen atoms in total. The number of nitrogens with one attached hydrogen (secondary N) is 3. The summed E-state index contributed by atoms with van der Waals surface area (Å²) in [5.74, 6) is -0.587. The second kappa shape index (κ2) is 8.93. The van der Waals surface area contributed by atoms with Crippen molar-refractivity contribution in [2.75, 3.05) is 11.9 Å². The Bertz CT molecular complexity index is 1140. The number of hydrogen-bond acceptors (Lipinski definition) is 4. The van der Waals surface area contributed by atoms with E-state index in [4.69, 9.17) is 0 Å². The van der Waals surface area contributed by atoms with Crippen molar-refractivity contribution < 1.29 is 19.2 Å². The van der Waals surface area contributed by atoms with E-state index in [1.165, 1.54) is 0 Å². The summed E-state index contributed by atoms with van der Waals surface area (Å²) in [5.41, 5.74) is 2.88. The van der Waals surface area contributed by atoms with E-state index in [1.54, 1.807) is 23.1 Å². The van der Waals surface area contributed by atoms with Gasteiger partial charge in [-0.3, -0.25) is 19.2 Å². The Balaban J connectivity index is 1.15. The Morgan fingerprint density at radius 3 is 2.35 bits per heavy atom. The largest absolute Gasteiger partial charge is 0.348 e. The molecular weight excluding hydrogens is 432 g/mol. The van der Waals surface area contributed by atoms with Gasteiger partial charge in [-0.1, -0.05) is 30.3 Å². The standard InChI is InChI=1S/C26H28N4O4/c1-15(16-8-10-18(11-9-16)29-24(32)17-6-7-17)28-22(31)14-27-25(33)23-20-4-2-3-5-21(20)26(34)30(23)19-12-13-19/h2-5,8-11,15,17,19,23H,6-7,12-14H2,1H3,(H,27,33)(H,28,31)(H,29,32)/t15-,23+/m0/s1. The van der Waals surface area contributed by atoms with E-state index in [1.807, 2.05) is 37.3 Å². The van der Waals surface area contributed by atoms with Crippen molar-refractivity contribution in [2.24, 2.45) is 5.92 Å². The number of carbonyl (C=O) groups excluding carboxylic acids is 4. The summed E-state index contributed by atoms with van der Waals surface area (Å²) in [6, 6.07) is 13.7. The lowest BCUT2D eigenvalue weighted by Crippen LogP contribution is -2.44. The number of fused-ring (bicyclic) bond motifs is 1. The van der Waals surface area contributed by atoms with Crippen molar-refractivity contribution in [1.82, 2.24) is 15.5 Å². The molecule has 2 aromatic rings. The third kappa shape index (κ3) is 4.53. The molecular formula is C26H28N4O4. The van der Waals surface area contributed by atoms with Gasteiger partial charge >= 0.3 is 0 Å². The first-order valence-electron chi connectivity index (χ1n) is 11.8. The van der Waals surface area contributed by atoms with Gasteiger partial charge in [0.15, 0.2) is 0 Å². The summed E-state index contributed by atoms with van der Waals surface area (Å²) in [4.78, 5) is 51.9. The molecule has 176 valence electrons. The maximum absolute atomic E-state index is 13.0. The van der Waals surface area contributed by atoms with E-state index in [2.05, 4.69) is 16.0 Å². The van der Waals surface area contributed by atoms with E-state index >= 15 is 0 Å². The fourth-order valence-electron chi connectivity index (χ4n) is 4.42. The Kier molecular flexibility index (Phi) is 5.81. The number of amides is 4. The van der Waals surface area contributed by atoms with Gasteiger partial charge in [0.05, 0.1) is 12.6 Å². The first kappa shape index (κ1) is 22.1. The third-order valence-corrected chi connectivity index (χ3v) is 6.61. The summed E-state index contributed by atoms with van der Waals surface area (Å²) in [6.45, 7) is 1.68. The smallest absolute Gasteiger partial charge is 0.255 e. The average molecular weight is 461 g/mol. The first-order valence-corrected chi connectivity index (χ1v) is 11.8. The summed E-state index contributed by atoms with van der Waals surface area (Å²) >= 11 is 0. The Hall–Kier alpha value is -3.68. The fraction of sp³-hybridized carbons (Fsp3) is 0.385. The summed E-state index contributed by atoms with van der Waals surface area (Å²) in [6.07, 6.45) is 3.69. The van der Waals surface area contributed by atoms with Crippen LogP contribution in [-0.4, -0.2) is 41.1 Å². The molecule has 0 aromatic heterocycles. The summed E-state index contributed by atoms with van der Waals surface area (Å²) in [7, 11) is 0. The molecule has 0 radical (unpaired) electrons. The molecule has 8 heteroatoms. The molecule has 3 N–H and O–H groups in total. The minimum Gasteiger partial charge on any atom is -0.348 e. The molecule has 1 aliphatic heterocycles. The quantitative estimate of drug-likeness (QED) is 0.563. The molecule has 3 aliphatic rings. The summed E-state index contributed by atoms with van der Waals surface area (Å²) in [5, 5.41) is 8.49. The van der Waals surface area contributed by atoms with Gasteiger partial charge in [-0.15, -0.1) is 0 Å². The predicted molar refractivity (Wildman–Crippen MR) is 126 cm³/mol. The SMILES string of the molecule is C[C@H](NC(=O)CNC(=O)[C@H]1c2ccccc2C(=O)N1C1CC1)c1ccc(NC(=O)C2CC2)cc1. The highest BCUT2D eigenvalue weighted by Gasteiger charge is 2.47. The minimum atomic E-state index is -0.695. The van der Waals surface area contributed by atoms with Crippen molar-refractivity contribution in [3.8, 4) is 0 Å². The molecule has 5 rings (SSSR count). The molecule has 0 unspecified atom stereocenters. The minimum absolute atomic E-state index is 0.0525. The second-order valence-corrected chi connectivity index (χ2v) is 9.33. The number of anilines is 1. The van der Waals surface area contributed by atoms with Crippen LogP contribution in [0.25, 0.3) is 0 Å². The molecule has 34 heavy (non-hydrogen) atoms. The molecule has 2 aliphatic carbocycles. The van der Waals surface area contributed by atoms with Crippen molar-refractivity contribution in [3.05, 3.63) is 65.2 Å². The van der Waals surface area contributed by atoms with Crippen LogP contribution in [0.15, 0.2) is 48.5 Å². The van der Waals surface area contributed by atoms with E-state index < -0.39 is 6.04 Å². The van der Waals surface area contributed by atoms with Gasteiger partial charge in [-0.2, -0.15) is 0 Å². The highest BCUT2D eigenvalue weighted by atomic mass is 16.2. The van der Waals surface area contributed by atoms with Gasteiger partial charge in [0.25, 0.3) is 5.91 Å². The highest BCUT2D eigenvalue weighted by Crippen LogP contribution is 2.41. The molecule has 1 heterocycles. The molecule has 2 aromatic carbocycles. The van der Waals surface area contributed by atoms with Crippen LogP contribution in [0.2, 0.25) is 0 Å². The van der Waals surface area contributed by atoms with Crippen molar-refractivity contribution in [2.45, 2.75) is 50.7 Å². The first-order chi connectivity index (χ1) is 16.4. The van der Waals surface area contributed by atoms with Crippen molar-refractivity contribution >= 4 is 29.3 Å². The zero-order chi connectivity index (χ0) is 23.8. The van der Waals surface area contributed by atoms with E-state index in [-0.39, 0.29) is 48.2 Å². The lowest BCUT2D eigenvalue weighted by Gasteiger charge is -2.24. The molecule has 2 atom stereocenters. The third-order valence-electron chi connectivity index (χ3n) is 6.61. The number of nitrogens with zero attached hydrogens (tertiary/aromatic N) is 1. The summed E-state index contributed by atoms with van der Waals surface area (Å²) < 4.78 is 0. The maximum atomic E-state index is 13.0. The van der Waals surface area contributed by atoms with Crippen LogP contribution in [0.4, 0.5) is 5.69 Å². The number of rotatable bonds is 8. The van der Waals surface area contributed by atoms with E-state index in [9.17, 15) is 19.2 Å². The topological polar surface area (TPSA) is 108 Å². The van der Waals surface area contributed by atoms with E-state index in [0.717, 1.165) is 36.9 Å². The number of hydrogen-bond donors (Lipinski definition) is 3. The molecule has 2 fully saturated rings. The van der Waals surface area contributed by atoms with Gasteiger partial charge in [0.2, 0.25) is 17.7 Å². The van der Waals surface area contributed by atoms with Crippen LogP contribution < -0.4 is 16.0 Å². The van der Waals surface area contributed by atoms with Gasteiger partial charge in [0.1, 0.15) is 6.04 Å². The fourth-order valence-corrected chi connectivity index (χ4v) is 4.42. The van der Waals surface area contributed by atoms with Crippen molar-refractivity contribution in [3.63, 3.8) is 0 Å².